The predicted octanol–water partition coefficient (Wildman–Crippen LogP) is 3.42. The standard InChI is InChI=1S/C22H23FN4OS2/c1-30(2,28)21-10-8-19(29-21)18-12-26-20-9-5-15(13-27(18)20)17(11-24)22(25)14-3-6-16(23)7-4-14/h3-13,20,25-26,30H,24H2,1-2H3/b17-11-,25-22?. The number of fused-ring (bicyclic) bond motifs is 1. The third-order valence-corrected chi connectivity index (χ3v) is 8.67. The molecule has 2 aliphatic rings. The molecule has 0 saturated heterocycles. The van der Waals surface area contributed by atoms with E-state index in [9.17, 15) is 8.60 Å². The Bertz CT molecular complexity index is 1170. The number of halogens is 1. The Hall–Kier alpha value is -2.97. The zero-order chi connectivity index (χ0) is 21.5. The van der Waals surface area contributed by atoms with Crippen LogP contribution in [0.25, 0.3) is 5.70 Å². The summed E-state index contributed by atoms with van der Waals surface area (Å²) in [5.74, 6) is -0.346. The molecule has 0 spiro atoms. The van der Waals surface area contributed by atoms with Gasteiger partial charge >= 0.3 is 0 Å². The molecule has 30 heavy (non-hydrogen) atoms. The topological polar surface area (TPSA) is 82.2 Å². The molecule has 2 aliphatic heterocycles. The second kappa shape index (κ2) is 7.70. The largest absolute Gasteiger partial charge is 0.404 e. The van der Waals surface area contributed by atoms with Crippen LogP contribution in [0.5, 0.6) is 0 Å². The highest BCUT2D eigenvalue weighted by atomic mass is 32.3. The molecule has 0 radical (unpaired) electrons. The maximum atomic E-state index is 13.2. The molecule has 2 aromatic rings. The van der Waals surface area contributed by atoms with Gasteiger partial charge in [0, 0.05) is 35.3 Å². The van der Waals surface area contributed by atoms with E-state index < -0.39 is 9.93 Å². The summed E-state index contributed by atoms with van der Waals surface area (Å²) in [6.07, 6.45) is 12.7. The minimum atomic E-state index is -2.31. The first-order valence-corrected chi connectivity index (χ1v) is 12.8. The van der Waals surface area contributed by atoms with E-state index in [-0.39, 0.29) is 17.7 Å². The normalized spacial score (nSPS) is 19.1. The van der Waals surface area contributed by atoms with Gasteiger partial charge in [0.05, 0.1) is 20.5 Å². The van der Waals surface area contributed by atoms with E-state index in [1.165, 1.54) is 29.7 Å². The van der Waals surface area contributed by atoms with Gasteiger partial charge in [-0.15, -0.1) is 11.3 Å². The molecule has 0 saturated carbocycles. The summed E-state index contributed by atoms with van der Waals surface area (Å²) >= 11 is 1.53. The molecule has 3 heterocycles. The zero-order valence-corrected chi connectivity index (χ0v) is 18.3. The number of rotatable bonds is 5. The van der Waals surface area contributed by atoms with Gasteiger partial charge in [0.2, 0.25) is 0 Å². The molecular weight excluding hydrogens is 419 g/mol. The van der Waals surface area contributed by atoms with Gasteiger partial charge in [0.25, 0.3) is 0 Å². The predicted molar refractivity (Wildman–Crippen MR) is 123 cm³/mol. The van der Waals surface area contributed by atoms with E-state index in [0.717, 1.165) is 20.4 Å². The summed E-state index contributed by atoms with van der Waals surface area (Å²) in [4.78, 5) is 3.09. The van der Waals surface area contributed by atoms with E-state index in [2.05, 4.69) is 10.2 Å². The quantitative estimate of drug-likeness (QED) is 0.423. The summed E-state index contributed by atoms with van der Waals surface area (Å²) in [5.41, 5.74) is 9.00. The third kappa shape index (κ3) is 3.76. The van der Waals surface area contributed by atoms with Crippen molar-refractivity contribution in [1.29, 1.82) is 5.41 Å². The minimum Gasteiger partial charge on any atom is -0.404 e. The lowest BCUT2D eigenvalue weighted by Crippen LogP contribution is -2.33. The van der Waals surface area contributed by atoms with Crippen LogP contribution in [0.15, 0.2) is 82.5 Å². The number of hydrogen-bond acceptors (Lipinski definition) is 6. The number of benzene rings is 1. The monoisotopic (exact) mass is 442 g/mol. The van der Waals surface area contributed by atoms with Crippen molar-refractivity contribution in [2.45, 2.75) is 10.4 Å². The Balaban J connectivity index is 1.64. The Morgan fingerprint density at radius 3 is 2.63 bits per heavy atom. The molecule has 1 aromatic carbocycles. The Morgan fingerprint density at radius 2 is 2.00 bits per heavy atom. The Morgan fingerprint density at radius 1 is 1.27 bits per heavy atom. The fourth-order valence-electron chi connectivity index (χ4n) is 3.36. The van der Waals surface area contributed by atoms with Gasteiger partial charge in [-0.2, -0.15) is 0 Å². The zero-order valence-electron chi connectivity index (χ0n) is 16.6. The van der Waals surface area contributed by atoms with Crippen LogP contribution in [0.3, 0.4) is 0 Å². The van der Waals surface area contributed by atoms with Crippen molar-refractivity contribution in [3.63, 3.8) is 0 Å². The molecule has 5 nitrogen and oxygen atoms in total. The van der Waals surface area contributed by atoms with E-state index in [1.807, 2.05) is 36.7 Å². The highest BCUT2D eigenvalue weighted by molar-refractivity contribution is 8.03. The fourth-order valence-corrected chi connectivity index (χ4v) is 5.74. The minimum absolute atomic E-state index is 0.0385. The van der Waals surface area contributed by atoms with E-state index in [4.69, 9.17) is 11.1 Å². The van der Waals surface area contributed by atoms with E-state index in [1.54, 1.807) is 24.6 Å². The number of thiophene rings is 1. The molecule has 8 heteroatoms. The third-order valence-electron chi connectivity index (χ3n) is 4.96. The van der Waals surface area contributed by atoms with Gasteiger partial charge in [0.15, 0.2) is 0 Å². The van der Waals surface area contributed by atoms with Crippen molar-refractivity contribution < 1.29 is 8.60 Å². The van der Waals surface area contributed by atoms with Crippen LogP contribution in [-0.2, 0) is 9.93 Å². The lowest BCUT2D eigenvalue weighted by molar-refractivity contribution is 0.439. The smallest absolute Gasteiger partial charge is 0.123 e. The maximum absolute atomic E-state index is 13.2. The van der Waals surface area contributed by atoms with E-state index in [0.29, 0.717) is 11.1 Å². The average molecular weight is 443 g/mol. The van der Waals surface area contributed by atoms with Crippen molar-refractivity contribution in [3.8, 4) is 0 Å². The van der Waals surface area contributed by atoms with Crippen LogP contribution in [-0.4, -0.2) is 33.5 Å². The van der Waals surface area contributed by atoms with Gasteiger partial charge in [-0.05, 0) is 55.0 Å². The van der Waals surface area contributed by atoms with Crippen LogP contribution in [0.1, 0.15) is 10.4 Å². The molecule has 0 amide bonds. The highest BCUT2D eigenvalue weighted by Crippen LogP contribution is 2.36. The number of hydrogen-bond donors (Lipinski definition) is 4. The van der Waals surface area contributed by atoms with Gasteiger partial charge < -0.3 is 16.0 Å². The number of allylic oxidation sites excluding steroid dienone is 3. The summed E-state index contributed by atoms with van der Waals surface area (Å²) < 4.78 is 26.5. The number of thiol groups is 1. The lowest BCUT2D eigenvalue weighted by Gasteiger charge is -2.28. The van der Waals surface area contributed by atoms with Crippen LogP contribution in [0.4, 0.5) is 4.39 Å². The lowest BCUT2D eigenvalue weighted by atomic mass is 9.95. The van der Waals surface area contributed by atoms with Gasteiger partial charge in [-0.25, -0.2) is 4.39 Å². The first-order chi connectivity index (χ1) is 14.3. The van der Waals surface area contributed by atoms with Crippen molar-refractivity contribution in [1.82, 2.24) is 10.2 Å². The summed E-state index contributed by atoms with van der Waals surface area (Å²) in [5, 5.41) is 11.9. The molecule has 4 N–H and O–H groups in total. The first-order valence-electron chi connectivity index (χ1n) is 9.35. The Labute approximate surface area is 180 Å². The average Bonchev–Trinajstić information content (AvgIpc) is 3.35. The summed E-state index contributed by atoms with van der Waals surface area (Å²) in [6.45, 7) is 0. The molecule has 1 unspecified atom stereocenters. The van der Waals surface area contributed by atoms with Crippen molar-refractivity contribution >= 4 is 32.7 Å². The van der Waals surface area contributed by atoms with E-state index >= 15 is 0 Å². The maximum Gasteiger partial charge on any atom is 0.123 e. The Kier molecular flexibility index (Phi) is 5.21. The summed E-state index contributed by atoms with van der Waals surface area (Å²) in [7, 11) is -2.31. The molecule has 0 aliphatic carbocycles. The molecule has 0 fully saturated rings. The molecule has 1 atom stereocenters. The molecule has 0 bridgehead atoms. The number of nitrogens with zero attached hydrogens (tertiary/aromatic N) is 1. The van der Waals surface area contributed by atoms with Crippen molar-refractivity contribution in [2.24, 2.45) is 5.73 Å². The second-order valence-corrected chi connectivity index (χ2v) is 12.0. The first kappa shape index (κ1) is 20.3. The van der Waals surface area contributed by atoms with Crippen molar-refractivity contribution in [2.75, 3.05) is 12.5 Å². The molecular formula is C22H23FN4OS2. The van der Waals surface area contributed by atoms with Gasteiger partial charge in [-0.3, -0.25) is 9.62 Å². The van der Waals surface area contributed by atoms with Crippen LogP contribution in [0.2, 0.25) is 0 Å². The van der Waals surface area contributed by atoms with Crippen LogP contribution in [0, 0.1) is 11.2 Å². The highest BCUT2D eigenvalue weighted by Gasteiger charge is 2.28. The SMILES string of the molecule is C[SH](C)(=O)c1ccc(C2=CNC3C=CC(/C(=C/N)C(=N)c4ccc(F)cc4)=CN23)s1. The fraction of sp³-hybridized carbons (Fsp3) is 0.136. The molecule has 1 aromatic heterocycles. The molecule has 4 rings (SSSR count). The van der Waals surface area contributed by atoms with Crippen molar-refractivity contribution in [3.05, 3.63) is 94.6 Å². The molecule has 156 valence electrons. The second-order valence-electron chi connectivity index (χ2n) is 7.44. The van der Waals surface area contributed by atoms with Crippen LogP contribution < -0.4 is 11.1 Å². The number of nitrogens with two attached hydrogens (primary N) is 1. The van der Waals surface area contributed by atoms with Gasteiger partial charge in [-0.1, -0.05) is 16.0 Å². The van der Waals surface area contributed by atoms with Crippen LogP contribution >= 0.6 is 11.3 Å². The number of nitrogens with one attached hydrogen (secondary N) is 2. The van der Waals surface area contributed by atoms with Gasteiger partial charge in [0.1, 0.15) is 12.0 Å². The summed E-state index contributed by atoms with van der Waals surface area (Å²) in [6, 6.07) is 9.72.